The zero-order valence-electron chi connectivity index (χ0n) is 9.33. The van der Waals surface area contributed by atoms with Crippen LogP contribution in [0.1, 0.15) is 6.92 Å². The molecule has 0 fully saturated rings. The van der Waals surface area contributed by atoms with Gasteiger partial charge in [-0.15, -0.1) is 0 Å². The zero-order chi connectivity index (χ0) is 13.9. The number of hydrogen-bond acceptors (Lipinski definition) is 3. The summed E-state index contributed by atoms with van der Waals surface area (Å²) in [6, 6.07) is 0.381. The van der Waals surface area contributed by atoms with Crippen LogP contribution in [0.2, 0.25) is 0 Å². The van der Waals surface area contributed by atoms with Crippen molar-refractivity contribution in [3.05, 3.63) is 23.8 Å². The largest absolute Gasteiger partial charge is 0.465 e. The third kappa shape index (κ3) is 3.30. The van der Waals surface area contributed by atoms with Crippen LogP contribution in [0.25, 0.3) is 0 Å². The maximum atomic E-state index is 12.9. The number of nitrogen functional groups attached to an aromatic ring is 1. The summed E-state index contributed by atoms with van der Waals surface area (Å²) < 4.78 is 25.7. The lowest BCUT2D eigenvalue weighted by atomic mass is 10.2. The van der Waals surface area contributed by atoms with E-state index in [-0.39, 0.29) is 11.4 Å². The van der Waals surface area contributed by atoms with Crippen molar-refractivity contribution >= 4 is 23.4 Å². The van der Waals surface area contributed by atoms with E-state index in [9.17, 15) is 18.4 Å². The molecule has 0 aliphatic carbocycles. The molecule has 1 aromatic rings. The van der Waals surface area contributed by atoms with Crippen LogP contribution in [-0.4, -0.2) is 23.1 Å². The summed E-state index contributed by atoms with van der Waals surface area (Å²) in [5.74, 6) is -3.05. The molecule has 5 N–H and O–H groups in total. The van der Waals surface area contributed by atoms with Crippen LogP contribution in [-0.2, 0) is 4.79 Å². The van der Waals surface area contributed by atoms with Crippen molar-refractivity contribution in [1.29, 1.82) is 0 Å². The Morgan fingerprint density at radius 2 is 1.89 bits per heavy atom. The fourth-order valence-electron chi connectivity index (χ4n) is 1.16. The average molecular weight is 259 g/mol. The van der Waals surface area contributed by atoms with Gasteiger partial charge in [0, 0.05) is 12.1 Å². The molecular formula is C10H11F2N3O3. The minimum Gasteiger partial charge on any atom is -0.465 e. The molecule has 0 saturated carbocycles. The molecule has 2 amide bonds. The van der Waals surface area contributed by atoms with Gasteiger partial charge in [-0.05, 0) is 6.92 Å². The molecule has 0 aliphatic rings. The predicted molar refractivity (Wildman–Crippen MR) is 60.0 cm³/mol. The van der Waals surface area contributed by atoms with Gasteiger partial charge in [-0.2, -0.15) is 0 Å². The van der Waals surface area contributed by atoms with Crippen molar-refractivity contribution in [3.8, 4) is 0 Å². The van der Waals surface area contributed by atoms with E-state index < -0.39 is 29.7 Å². The van der Waals surface area contributed by atoms with Gasteiger partial charge in [0.1, 0.15) is 6.04 Å². The molecule has 1 atom stereocenters. The molecule has 0 bridgehead atoms. The summed E-state index contributed by atoms with van der Waals surface area (Å²) in [6.07, 6.45) is -1.38. The number of nitrogens with two attached hydrogens (primary N) is 1. The van der Waals surface area contributed by atoms with E-state index in [0.29, 0.717) is 0 Å². The highest BCUT2D eigenvalue weighted by molar-refractivity contribution is 5.98. The number of benzene rings is 1. The van der Waals surface area contributed by atoms with E-state index in [4.69, 9.17) is 10.8 Å². The molecule has 6 nitrogen and oxygen atoms in total. The Morgan fingerprint density at radius 3 is 2.44 bits per heavy atom. The average Bonchev–Trinajstić information content (AvgIpc) is 2.24. The molecular weight excluding hydrogens is 248 g/mol. The van der Waals surface area contributed by atoms with Gasteiger partial charge in [-0.3, -0.25) is 4.79 Å². The molecule has 1 rings (SSSR count). The first kappa shape index (κ1) is 13.7. The van der Waals surface area contributed by atoms with Gasteiger partial charge in [0.2, 0.25) is 5.91 Å². The number of carboxylic acid groups (broad SMARTS) is 1. The minimum atomic E-state index is -1.38. The summed E-state index contributed by atoms with van der Waals surface area (Å²) in [4.78, 5) is 21.8. The second kappa shape index (κ2) is 5.30. The first-order valence-electron chi connectivity index (χ1n) is 4.86. The molecule has 0 aromatic heterocycles. The quantitative estimate of drug-likeness (QED) is 0.611. The van der Waals surface area contributed by atoms with Crippen molar-refractivity contribution in [2.24, 2.45) is 0 Å². The van der Waals surface area contributed by atoms with Crippen LogP contribution < -0.4 is 16.4 Å². The molecule has 8 heteroatoms. The number of nitrogens with one attached hydrogen (secondary N) is 2. The first-order valence-corrected chi connectivity index (χ1v) is 4.86. The molecule has 18 heavy (non-hydrogen) atoms. The van der Waals surface area contributed by atoms with E-state index in [1.165, 1.54) is 6.92 Å². The summed E-state index contributed by atoms with van der Waals surface area (Å²) >= 11 is 0. The Hall–Kier alpha value is -2.38. The van der Waals surface area contributed by atoms with Gasteiger partial charge in [-0.25, -0.2) is 13.6 Å². The van der Waals surface area contributed by atoms with E-state index >= 15 is 0 Å². The van der Waals surface area contributed by atoms with Gasteiger partial charge < -0.3 is 21.5 Å². The van der Waals surface area contributed by atoms with Gasteiger partial charge >= 0.3 is 6.09 Å². The minimum absolute atomic E-state index is 0.127. The summed E-state index contributed by atoms with van der Waals surface area (Å²) in [5, 5.41) is 12.5. The van der Waals surface area contributed by atoms with Gasteiger partial charge in [0.05, 0.1) is 11.4 Å². The Balaban J connectivity index is 2.82. The Labute approximate surface area is 101 Å². The maximum Gasteiger partial charge on any atom is 0.405 e. The van der Waals surface area contributed by atoms with Crippen molar-refractivity contribution in [2.45, 2.75) is 13.0 Å². The monoisotopic (exact) mass is 259 g/mol. The molecule has 1 unspecified atom stereocenters. The summed E-state index contributed by atoms with van der Waals surface area (Å²) in [5.41, 5.74) is 5.09. The van der Waals surface area contributed by atoms with Crippen LogP contribution >= 0.6 is 0 Å². The number of rotatable bonds is 3. The van der Waals surface area contributed by atoms with Crippen molar-refractivity contribution < 1.29 is 23.5 Å². The lowest BCUT2D eigenvalue weighted by molar-refractivity contribution is -0.117. The topological polar surface area (TPSA) is 104 Å². The number of amides is 2. The number of anilines is 2. The molecule has 0 saturated heterocycles. The van der Waals surface area contributed by atoms with Crippen LogP contribution in [0, 0.1) is 11.6 Å². The highest BCUT2D eigenvalue weighted by atomic mass is 19.2. The third-order valence-corrected chi connectivity index (χ3v) is 2.08. The number of hydrogen-bond donors (Lipinski definition) is 4. The highest BCUT2D eigenvalue weighted by Gasteiger charge is 2.17. The molecule has 1 aromatic carbocycles. The van der Waals surface area contributed by atoms with Gasteiger partial charge in [0.15, 0.2) is 11.6 Å². The molecule has 0 spiro atoms. The van der Waals surface area contributed by atoms with E-state index in [2.05, 4.69) is 5.32 Å². The van der Waals surface area contributed by atoms with Crippen LogP contribution in [0.5, 0.6) is 0 Å². The SMILES string of the molecule is CC(NC(=O)O)C(=O)Nc1cc(F)c(F)cc1N. The van der Waals surface area contributed by atoms with Crippen LogP contribution in [0.3, 0.4) is 0 Å². The zero-order valence-corrected chi connectivity index (χ0v) is 9.33. The Morgan fingerprint density at radius 1 is 1.33 bits per heavy atom. The van der Waals surface area contributed by atoms with E-state index in [1.807, 2.05) is 5.32 Å². The number of carbonyl (C=O) groups is 2. The smallest absolute Gasteiger partial charge is 0.405 e. The van der Waals surface area contributed by atoms with Gasteiger partial charge in [-0.1, -0.05) is 0 Å². The molecule has 0 aliphatic heterocycles. The lowest BCUT2D eigenvalue weighted by Crippen LogP contribution is -2.40. The summed E-state index contributed by atoms with van der Waals surface area (Å²) in [7, 11) is 0. The molecule has 0 radical (unpaired) electrons. The van der Waals surface area contributed by atoms with Crippen molar-refractivity contribution in [1.82, 2.24) is 5.32 Å². The van der Waals surface area contributed by atoms with E-state index in [0.717, 1.165) is 12.1 Å². The Kier molecular flexibility index (Phi) is 4.03. The second-order valence-electron chi connectivity index (χ2n) is 3.51. The molecule has 98 valence electrons. The Bertz CT molecular complexity index is 494. The first-order chi connectivity index (χ1) is 8.31. The third-order valence-electron chi connectivity index (χ3n) is 2.08. The van der Waals surface area contributed by atoms with Crippen molar-refractivity contribution in [2.75, 3.05) is 11.1 Å². The fourth-order valence-corrected chi connectivity index (χ4v) is 1.16. The van der Waals surface area contributed by atoms with Crippen LogP contribution in [0.4, 0.5) is 25.0 Å². The fraction of sp³-hybridized carbons (Fsp3) is 0.200. The number of halogens is 2. The lowest BCUT2D eigenvalue weighted by Gasteiger charge is -2.13. The van der Waals surface area contributed by atoms with Gasteiger partial charge in [0.25, 0.3) is 0 Å². The second-order valence-corrected chi connectivity index (χ2v) is 3.51. The van der Waals surface area contributed by atoms with Crippen molar-refractivity contribution in [3.63, 3.8) is 0 Å². The van der Waals surface area contributed by atoms with Crippen LogP contribution in [0.15, 0.2) is 12.1 Å². The standard InChI is InChI=1S/C10H11F2N3O3/c1-4(14-10(17)18)9(16)15-8-3-6(12)5(11)2-7(8)13/h2-4,14H,13H2,1H3,(H,15,16)(H,17,18). The maximum absolute atomic E-state index is 12.9. The summed E-state index contributed by atoms with van der Waals surface area (Å²) in [6.45, 7) is 1.29. The van der Waals surface area contributed by atoms with E-state index in [1.54, 1.807) is 0 Å². The number of carbonyl (C=O) groups excluding carboxylic acids is 1. The predicted octanol–water partition coefficient (Wildman–Crippen LogP) is 1.14. The highest BCUT2D eigenvalue weighted by Crippen LogP contribution is 2.22. The normalized spacial score (nSPS) is 11.7. The molecule has 0 heterocycles.